The second kappa shape index (κ2) is 10.6. The molecule has 3 heterocycles. The van der Waals surface area contributed by atoms with Gasteiger partial charge in [-0.3, -0.25) is 9.69 Å². The molecule has 0 bridgehead atoms. The van der Waals surface area contributed by atoms with Crippen molar-refractivity contribution in [2.75, 3.05) is 25.0 Å². The molecular formula is C24H29N3O6S. The summed E-state index contributed by atoms with van der Waals surface area (Å²) in [6.07, 6.45) is 2.85. The number of morpholine rings is 1. The molecule has 2 aromatic heterocycles. The second-order valence-electron chi connectivity index (χ2n) is 8.46. The van der Waals surface area contributed by atoms with Crippen molar-refractivity contribution in [2.45, 2.75) is 44.0 Å². The lowest BCUT2D eigenvalue weighted by Gasteiger charge is -2.34. The van der Waals surface area contributed by atoms with Crippen LogP contribution in [0.15, 0.2) is 74.8 Å². The number of carbonyl (C=O) groups is 1. The number of carbonyl (C=O) groups excluding carboxylic acids is 1. The molecule has 2 atom stereocenters. The molecule has 2 unspecified atom stereocenters. The van der Waals surface area contributed by atoms with E-state index in [1.165, 1.54) is 16.4 Å². The number of amides is 1. The van der Waals surface area contributed by atoms with Crippen LogP contribution in [0.4, 0.5) is 5.69 Å². The summed E-state index contributed by atoms with van der Waals surface area (Å²) in [6, 6.07) is 13.5. The van der Waals surface area contributed by atoms with Crippen molar-refractivity contribution >= 4 is 21.6 Å². The molecule has 182 valence electrons. The Bertz CT molecular complexity index is 1110. The summed E-state index contributed by atoms with van der Waals surface area (Å²) in [4.78, 5) is 14.8. The van der Waals surface area contributed by atoms with Gasteiger partial charge in [0.2, 0.25) is 15.9 Å². The molecule has 1 aliphatic rings. The smallest absolute Gasteiger partial charge is 0.243 e. The van der Waals surface area contributed by atoms with Crippen LogP contribution in [0.1, 0.15) is 25.4 Å². The van der Waals surface area contributed by atoms with Gasteiger partial charge >= 0.3 is 0 Å². The van der Waals surface area contributed by atoms with Gasteiger partial charge in [-0.05, 0) is 62.4 Å². The number of rotatable bonds is 9. The zero-order valence-electron chi connectivity index (χ0n) is 19.2. The number of ether oxygens (including phenoxy) is 1. The summed E-state index contributed by atoms with van der Waals surface area (Å²) >= 11 is 0. The first-order valence-corrected chi connectivity index (χ1v) is 12.6. The van der Waals surface area contributed by atoms with Crippen LogP contribution in [0.3, 0.4) is 0 Å². The molecule has 3 aromatic rings. The van der Waals surface area contributed by atoms with Gasteiger partial charge < -0.3 is 18.9 Å². The van der Waals surface area contributed by atoms with Gasteiger partial charge in [0.1, 0.15) is 11.5 Å². The van der Waals surface area contributed by atoms with Crippen molar-refractivity contribution in [3.63, 3.8) is 0 Å². The molecule has 10 heteroatoms. The largest absolute Gasteiger partial charge is 0.468 e. The lowest BCUT2D eigenvalue weighted by molar-refractivity contribution is -0.117. The monoisotopic (exact) mass is 487 g/mol. The first kappa shape index (κ1) is 24.2. The summed E-state index contributed by atoms with van der Waals surface area (Å²) in [5, 5.41) is 2.83. The summed E-state index contributed by atoms with van der Waals surface area (Å²) in [5.41, 5.74) is 0.517. The van der Waals surface area contributed by atoms with Gasteiger partial charge in [0.05, 0.1) is 49.3 Å². The van der Waals surface area contributed by atoms with Gasteiger partial charge in [-0.25, -0.2) is 8.42 Å². The molecule has 0 saturated carbocycles. The lowest BCUT2D eigenvalue weighted by Crippen LogP contribution is -2.48. The average Bonchev–Trinajstić information content (AvgIpc) is 3.48. The maximum absolute atomic E-state index is 13.0. The Labute approximate surface area is 199 Å². The summed E-state index contributed by atoms with van der Waals surface area (Å²) < 4.78 is 44.0. The van der Waals surface area contributed by atoms with Crippen molar-refractivity contribution in [1.29, 1.82) is 0 Å². The maximum Gasteiger partial charge on any atom is 0.243 e. The number of furan rings is 2. The fraction of sp³-hybridized carbons (Fsp3) is 0.375. The molecule has 34 heavy (non-hydrogen) atoms. The van der Waals surface area contributed by atoms with Crippen molar-refractivity contribution < 1.29 is 26.8 Å². The normalized spacial score (nSPS) is 19.4. The van der Waals surface area contributed by atoms with E-state index in [0.29, 0.717) is 31.9 Å². The Morgan fingerprint density at radius 3 is 2.03 bits per heavy atom. The van der Waals surface area contributed by atoms with E-state index in [9.17, 15) is 13.2 Å². The average molecular weight is 488 g/mol. The van der Waals surface area contributed by atoms with Crippen molar-refractivity contribution in [1.82, 2.24) is 9.21 Å². The predicted octanol–water partition coefficient (Wildman–Crippen LogP) is 3.31. The van der Waals surface area contributed by atoms with E-state index in [0.717, 1.165) is 11.5 Å². The minimum absolute atomic E-state index is 0.102. The molecule has 1 aliphatic heterocycles. The van der Waals surface area contributed by atoms with E-state index in [1.807, 2.05) is 30.9 Å². The molecular weight excluding hydrogens is 458 g/mol. The molecule has 0 spiro atoms. The Hall–Kier alpha value is -2.92. The van der Waals surface area contributed by atoms with Crippen LogP contribution in [0.5, 0.6) is 0 Å². The third kappa shape index (κ3) is 6.15. The number of nitrogens with one attached hydrogen (secondary N) is 1. The summed E-state index contributed by atoms with van der Waals surface area (Å²) in [7, 11) is -3.64. The Morgan fingerprint density at radius 2 is 1.53 bits per heavy atom. The van der Waals surface area contributed by atoms with Crippen LogP contribution in [0, 0.1) is 0 Å². The minimum atomic E-state index is -3.64. The highest BCUT2D eigenvalue weighted by atomic mass is 32.2. The highest BCUT2D eigenvalue weighted by Gasteiger charge is 2.32. The van der Waals surface area contributed by atoms with Gasteiger partial charge in [0, 0.05) is 18.8 Å². The highest BCUT2D eigenvalue weighted by molar-refractivity contribution is 7.89. The SMILES string of the molecule is CC1CN(S(=O)(=O)c2ccc(NC(=O)CN(Cc3ccco3)Cc3ccco3)cc2)CC(C)O1. The minimum Gasteiger partial charge on any atom is -0.468 e. The molecule has 1 fully saturated rings. The van der Waals surface area contributed by atoms with Crippen molar-refractivity contribution in [2.24, 2.45) is 0 Å². The van der Waals surface area contributed by atoms with Crippen LogP contribution in [0.2, 0.25) is 0 Å². The number of anilines is 1. The zero-order chi connectivity index (χ0) is 24.1. The molecule has 9 nitrogen and oxygen atoms in total. The topological polar surface area (TPSA) is 105 Å². The predicted molar refractivity (Wildman–Crippen MR) is 125 cm³/mol. The van der Waals surface area contributed by atoms with Crippen LogP contribution < -0.4 is 5.32 Å². The van der Waals surface area contributed by atoms with Crippen LogP contribution in [0.25, 0.3) is 0 Å². The molecule has 4 rings (SSSR count). The first-order valence-electron chi connectivity index (χ1n) is 11.1. The number of nitrogens with zero attached hydrogens (tertiary/aromatic N) is 2. The Kier molecular flexibility index (Phi) is 7.52. The molecule has 1 saturated heterocycles. The van der Waals surface area contributed by atoms with E-state index < -0.39 is 10.0 Å². The van der Waals surface area contributed by atoms with E-state index in [1.54, 1.807) is 36.8 Å². The fourth-order valence-electron chi connectivity index (χ4n) is 4.00. The van der Waals surface area contributed by atoms with Gasteiger partial charge in [-0.15, -0.1) is 0 Å². The van der Waals surface area contributed by atoms with E-state index in [4.69, 9.17) is 13.6 Å². The standard InChI is InChI=1S/C24H29N3O6S/c1-18-13-27(14-19(2)33-18)34(29,30)23-9-7-20(8-10-23)25-24(28)17-26(15-21-5-3-11-31-21)16-22-6-4-12-32-22/h3-12,18-19H,13-17H2,1-2H3,(H,25,28). The third-order valence-electron chi connectivity index (χ3n) is 5.45. The second-order valence-corrected chi connectivity index (χ2v) is 10.4. The van der Waals surface area contributed by atoms with Crippen LogP contribution >= 0.6 is 0 Å². The third-order valence-corrected chi connectivity index (χ3v) is 7.29. The van der Waals surface area contributed by atoms with Gasteiger partial charge in [0.15, 0.2) is 0 Å². The van der Waals surface area contributed by atoms with Gasteiger partial charge in [-0.2, -0.15) is 4.31 Å². The van der Waals surface area contributed by atoms with Crippen molar-refractivity contribution in [3.8, 4) is 0 Å². The number of hydrogen-bond donors (Lipinski definition) is 1. The summed E-state index contributed by atoms with van der Waals surface area (Å²) in [6.45, 7) is 5.32. The van der Waals surface area contributed by atoms with Crippen LogP contribution in [-0.2, 0) is 32.6 Å². The van der Waals surface area contributed by atoms with Gasteiger partial charge in [0.25, 0.3) is 0 Å². The molecule has 1 amide bonds. The quantitative estimate of drug-likeness (QED) is 0.494. The lowest BCUT2D eigenvalue weighted by atomic mass is 10.3. The maximum atomic E-state index is 13.0. The number of benzene rings is 1. The Balaban J connectivity index is 1.39. The van der Waals surface area contributed by atoms with Crippen molar-refractivity contribution in [3.05, 3.63) is 72.6 Å². The first-order chi connectivity index (χ1) is 16.3. The van der Waals surface area contributed by atoms with Gasteiger partial charge in [-0.1, -0.05) is 0 Å². The molecule has 0 radical (unpaired) electrons. The molecule has 0 aliphatic carbocycles. The summed E-state index contributed by atoms with van der Waals surface area (Å²) in [5.74, 6) is 1.24. The Morgan fingerprint density at radius 1 is 0.971 bits per heavy atom. The van der Waals surface area contributed by atoms with Crippen LogP contribution in [-0.4, -0.2) is 55.4 Å². The zero-order valence-corrected chi connectivity index (χ0v) is 20.0. The molecule has 1 aromatic carbocycles. The van der Waals surface area contributed by atoms with E-state index in [-0.39, 0.29) is 29.6 Å². The number of hydrogen-bond acceptors (Lipinski definition) is 7. The highest BCUT2D eigenvalue weighted by Crippen LogP contribution is 2.22. The molecule has 1 N–H and O–H groups in total. The number of sulfonamides is 1. The van der Waals surface area contributed by atoms with E-state index in [2.05, 4.69) is 5.32 Å². The van der Waals surface area contributed by atoms with E-state index >= 15 is 0 Å². The fourth-order valence-corrected chi connectivity index (χ4v) is 5.59.